The maximum atomic E-state index is 10.6. The van der Waals surface area contributed by atoms with Crippen molar-refractivity contribution in [2.75, 3.05) is 6.54 Å². The zero-order valence-electron chi connectivity index (χ0n) is 7.75. The van der Waals surface area contributed by atoms with Crippen molar-refractivity contribution in [3.05, 3.63) is 29.3 Å². The zero-order valence-corrected chi connectivity index (χ0v) is 7.75. The van der Waals surface area contributed by atoms with Crippen LogP contribution in [0.1, 0.15) is 11.1 Å². The van der Waals surface area contributed by atoms with Crippen LogP contribution in [0, 0.1) is 0 Å². The first-order chi connectivity index (χ1) is 6.77. The number of rotatable bonds is 1. The second-order valence-electron chi connectivity index (χ2n) is 3.24. The summed E-state index contributed by atoms with van der Waals surface area (Å²) in [7, 11) is 0. The molecule has 0 radical (unpaired) electrons. The van der Waals surface area contributed by atoms with Gasteiger partial charge < -0.3 is 15.8 Å². The van der Waals surface area contributed by atoms with Gasteiger partial charge in [0.25, 0.3) is 0 Å². The second-order valence-corrected chi connectivity index (χ2v) is 3.24. The number of benzene rings is 1. The van der Waals surface area contributed by atoms with Crippen molar-refractivity contribution in [2.45, 2.75) is 13.0 Å². The summed E-state index contributed by atoms with van der Waals surface area (Å²) < 4.78 is 4.92. The van der Waals surface area contributed by atoms with Gasteiger partial charge in [0.1, 0.15) is 5.75 Å². The molecular formula is C10H12N2O2. The predicted octanol–water partition coefficient (Wildman–Crippen LogP) is 0.790. The van der Waals surface area contributed by atoms with Crippen LogP contribution in [0.2, 0.25) is 0 Å². The molecule has 4 heteroatoms. The van der Waals surface area contributed by atoms with Crippen LogP contribution in [-0.4, -0.2) is 12.6 Å². The van der Waals surface area contributed by atoms with E-state index in [0.717, 1.165) is 25.1 Å². The van der Waals surface area contributed by atoms with Gasteiger partial charge in [-0.2, -0.15) is 0 Å². The highest BCUT2D eigenvalue weighted by Crippen LogP contribution is 2.24. The highest BCUT2D eigenvalue weighted by molar-refractivity contribution is 5.69. The third-order valence-corrected chi connectivity index (χ3v) is 2.31. The maximum absolute atomic E-state index is 10.6. The van der Waals surface area contributed by atoms with E-state index >= 15 is 0 Å². The largest absolute Gasteiger partial charge is 0.410 e. The summed E-state index contributed by atoms with van der Waals surface area (Å²) in [5, 5.41) is 3.25. The van der Waals surface area contributed by atoms with E-state index in [1.165, 1.54) is 5.56 Å². The molecule has 2 rings (SSSR count). The third-order valence-electron chi connectivity index (χ3n) is 2.31. The lowest BCUT2D eigenvalue weighted by Gasteiger charge is -2.19. The van der Waals surface area contributed by atoms with Crippen LogP contribution in [0.4, 0.5) is 4.79 Å². The van der Waals surface area contributed by atoms with Gasteiger partial charge in [-0.3, -0.25) is 0 Å². The summed E-state index contributed by atoms with van der Waals surface area (Å²) in [6, 6.07) is 5.66. The van der Waals surface area contributed by atoms with Crippen molar-refractivity contribution in [2.24, 2.45) is 5.73 Å². The molecule has 0 saturated carbocycles. The van der Waals surface area contributed by atoms with Gasteiger partial charge in [-0.25, -0.2) is 4.79 Å². The number of nitrogens with two attached hydrogens (primary N) is 1. The maximum Gasteiger partial charge on any atom is 0.409 e. The molecule has 3 N–H and O–H groups in total. The number of ether oxygens (including phenoxy) is 1. The molecule has 0 aromatic heterocycles. The molecule has 1 aromatic carbocycles. The van der Waals surface area contributed by atoms with Gasteiger partial charge in [-0.05, 0) is 24.6 Å². The Kier molecular flexibility index (Phi) is 2.37. The van der Waals surface area contributed by atoms with Crippen molar-refractivity contribution in [3.8, 4) is 5.75 Å². The molecule has 0 aliphatic carbocycles. The standard InChI is InChI=1S/C10H12N2O2/c11-10(13)14-9-3-1-2-7-6-12-5-4-8(7)9/h1-3,12H,4-6H2,(H2,11,13). The van der Waals surface area contributed by atoms with Gasteiger partial charge in [0.2, 0.25) is 0 Å². The Hall–Kier alpha value is -1.55. The van der Waals surface area contributed by atoms with Crippen LogP contribution >= 0.6 is 0 Å². The number of carbonyl (C=O) groups excluding carboxylic acids is 1. The van der Waals surface area contributed by atoms with E-state index in [2.05, 4.69) is 5.32 Å². The smallest absolute Gasteiger partial charge is 0.409 e. The summed E-state index contributed by atoms with van der Waals surface area (Å²) >= 11 is 0. The van der Waals surface area contributed by atoms with Crippen molar-refractivity contribution in [1.82, 2.24) is 5.32 Å². The molecule has 74 valence electrons. The lowest BCUT2D eigenvalue weighted by molar-refractivity contribution is 0.210. The summed E-state index contributed by atoms with van der Waals surface area (Å²) in [4.78, 5) is 10.6. The first-order valence-corrected chi connectivity index (χ1v) is 4.56. The van der Waals surface area contributed by atoms with Crippen molar-refractivity contribution < 1.29 is 9.53 Å². The van der Waals surface area contributed by atoms with Crippen LogP contribution in [0.15, 0.2) is 18.2 Å². The number of amides is 1. The fourth-order valence-corrected chi connectivity index (χ4v) is 1.70. The third kappa shape index (κ3) is 1.70. The second kappa shape index (κ2) is 3.67. The number of nitrogens with one attached hydrogen (secondary N) is 1. The first kappa shape index (κ1) is 9.02. The minimum atomic E-state index is -0.753. The molecule has 1 amide bonds. The van der Waals surface area contributed by atoms with E-state index in [1.807, 2.05) is 12.1 Å². The highest BCUT2D eigenvalue weighted by Gasteiger charge is 2.14. The Labute approximate surface area is 82.1 Å². The molecular weight excluding hydrogens is 180 g/mol. The molecule has 1 heterocycles. The molecule has 0 bridgehead atoms. The molecule has 14 heavy (non-hydrogen) atoms. The minimum absolute atomic E-state index is 0.594. The van der Waals surface area contributed by atoms with E-state index in [1.54, 1.807) is 6.07 Å². The Morgan fingerprint density at radius 3 is 3.14 bits per heavy atom. The molecule has 0 spiro atoms. The normalized spacial score (nSPS) is 14.6. The Morgan fingerprint density at radius 1 is 1.50 bits per heavy atom. The molecule has 1 aromatic rings. The molecule has 1 aliphatic heterocycles. The van der Waals surface area contributed by atoms with Gasteiger partial charge in [0, 0.05) is 12.1 Å². The molecule has 0 unspecified atom stereocenters. The predicted molar refractivity (Wildman–Crippen MR) is 52.1 cm³/mol. The lowest BCUT2D eigenvalue weighted by atomic mass is 10.0. The average Bonchev–Trinajstić information content (AvgIpc) is 2.18. The summed E-state index contributed by atoms with van der Waals surface area (Å²) in [6.45, 7) is 1.73. The highest BCUT2D eigenvalue weighted by atomic mass is 16.5. The number of primary amides is 1. The van der Waals surface area contributed by atoms with Gasteiger partial charge in [0.05, 0.1) is 0 Å². The van der Waals surface area contributed by atoms with E-state index in [-0.39, 0.29) is 0 Å². The quantitative estimate of drug-likeness (QED) is 0.691. The Bertz CT molecular complexity index is 363. The number of fused-ring (bicyclic) bond motifs is 1. The Morgan fingerprint density at radius 2 is 2.36 bits per heavy atom. The van der Waals surface area contributed by atoms with Gasteiger partial charge >= 0.3 is 6.09 Å². The van der Waals surface area contributed by atoms with Crippen LogP contribution in [0.5, 0.6) is 5.75 Å². The van der Waals surface area contributed by atoms with Crippen molar-refractivity contribution in [3.63, 3.8) is 0 Å². The van der Waals surface area contributed by atoms with Crippen molar-refractivity contribution in [1.29, 1.82) is 0 Å². The van der Waals surface area contributed by atoms with Crippen LogP contribution < -0.4 is 15.8 Å². The molecule has 1 aliphatic rings. The molecule has 4 nitrogen and oxygen atoms in total. The summed E-state index contributed by atoms with van der Waals surface area (Å²) in [5.41, 5.74) is 7.24. The first-order valence-electron chi connectivity index (χ1n) is 4.56. The molecule has 0 saturated heterocycles. The van der Waals surface area contributed by atoms with E-state index in [0.29, 0.717) is 5.75 Å². The van der Waals surface area contributed by atoms with E-state index < -0.39 is 6.09 Å². The lowest BCUT2D eigenvalue weighted by Crippen LogP contribution is -2.25. The van der Waals surface area contributed by atoms with Crippen LogP contribution in [-0.2, 0) is 13.0 Å². The van der Waals surface area contributed by atoms with Gasteiger partial charge in [-0.1, -0.05) is 12.1 Å². The fourth-order valence-electron chi connectivity index (χ4n) is 1.70. The van der Waals surface area contributed by atoms with Crippen molar-refractivity contribution >= 4 is 6.09 Å². The van der Waals surface area contributed by atoms with E-state index in [4.69, 9.17) is 10.5 Å². The van der Waals surface area contributed by atoms with Crippen LogP contribution in [0.25, 0.3) is 0 Å². The summed E-state index contributed by atoms with van der Waals surface area (Å²) in [6.07, 6.45) is 0.121. The molecule has 0 atom stereocenters. The zero-order chi connectivity index (χ0) is 9.97. The number of carbonyl (C=O) groups is 1. The fraction of sp³-hybridized carbons (Fsp3) is 0.300. The number of hydrogen-bond acceptors (Lipinski definition) is 3. The van der Waals surface area contributed by atoms with Gasteiger partial charge in [0.15, 0.2) is 0 Å². The average molecular weight is 192 g/mol. The molecule has 0 fully saturated rings. The monoisotopic (exact) mass is 192 g/mol. The number of hydrogen-bond donors (Lipinski definition) is 2. The van der Waals surface area contributed by atoms with Gasteiger partial charge in [-0.15, -0.1) is 0 Å². The van der Waals surface area contributed by atoms with Crippen LogP contribution in [0.3, 0.4) is 0 Å². The minimum Gasteiger partial charge on any atom is -0.410 e. The van der Waals surface area contributed by atoms with E-state index in [9.17, 15) is 4.79 Å². The topological polar surface area (TPSA) is 64.4 Å². The summed E-state index contributed by atoms with van der Waals surface area (Å²) in [5.74, 6) is 0.594. The Balaban J connectivity index is 2.35. The SMILES string of the molecule is NC(=O)Oc1cccc2c1CCNC2.